The third-order valence-corrected chi connectivity index (χ3v) is 2.76. The third-order valence-electron chi connectivity index (χ3n) is 2.22. The van der Waals surface area contributed by atoms with E-state index in [2.05, 4.69) is 31.3 Å². The lowest BCUT2D eigenvalue weighted by Crippen LogP contribution is -2.30. The lowest BCUT2D eigenvalue weighted by molar-refractivity contribution is 0.291. The molecule has 0 spiro atoms. The van der Waals surface area contributed by atoms with E-state index >= 15 is 0 Å². The first-order valence-corrected chi connectivity index (χ1v) is 5.57. The first kappa shape index (κ1) is 9.74. The summed E-state index contributed by atoms with van der Waals surface area (Å²) in [6, 6.07) is 0. The molecule has 3 heteroatoms. The normalized spacial score (nSPS) is 21.5. The van der Waals surface area contributed by atoms with Crippen LogP contribution >= 0.6 is 22.9 Å². The van der Waals surface area contributed by atoms with Crippen molar-refractivity contribution in [3.63, 3.8) is 0 Å². The minimum absolute atomic E-state index is 1.13. The van der Waals surface area contributed by atoms with Crippen LogP contribution in [0.4, 0.5) is 0 Å². The molecule has 1 saturated heterocycles. The maximum atomic E-state index is 3.16. The smallest absolute Gasteiger partial charge is 0.0178 e. The second kappa shape index (κ2) is 6.20. The zero-order valence-electron chi connectivity index (χ0n) is 6.98. The summed E-state index contributed by atoms with van der Waals surface area (Å²) in [5, 5.41) is 0. The summed E-state index contributed by atoms with van der Waals surface area (Å²) in [6.45, 7) is 4.99. The van der Waals surface area contributed by atoms with E-state index in [-0.39, 0.29) is 0 Å². The van der Waals surface area contributed by atoms with Gasteiger partial charge in [-0.2, -0.15) is 0 Å². The third kappa shape index (κ3) is 4.28. The van der Waals surface area contributed by atoms with Gasteiger partial charge in [-0.1, -0.05) is 12.8 Å². The van der Waals surface area contributed by atoms with Crippen molar-refractivity contribution in [3.8, 4) is 0 Å². The lowest BCUT2D eigenvalue weighted by atomic mass is 10.2. The molecule has 0 bridgehead atoms. The summed E-state index contributed by atoms with van der Waals surface area (Å²) in [5.41, 5.74) is 0. The highest BCUT2D eigenvalue weighted by atomic mass is 127. The molecule has 0 aliphatic carbocycles. The Morgan fingerprint density at radius 2 is 1.73 bits per heavy atom. The van der Waals surface area contributed by atoms with Gasteiger partial charge < -0.3 is 4.90 Å². The maximum absolute atomic E-state index is 3.16. The van der Waals surface area contributed by atoms with Gasteiger partial charge >= 0.3 is 0 Å². The summed E-state index contributed by atoms with van der Waals surface area (Å²) in [6.07, 6.45) is 5.69. The van der Waals surface area contributed by atoms with Gasteiger partial charge in [0.1, 0.15) is 0 Å². The maximum Gasteiger partial charge on any atom is 0.0178 e. The minimum atomic E-state index is 1.13. The number of hydrogen-bond donors (Lipinski definition) is 1. The van der Waals surface area contributed by atoms with Crippen LogP contribution in [0.1, 0.15) is 25.7 Å². The standard InChI is InChI=1S/C8H17IN2/c9-10-5-8-11-6-3-1-2-4-7-11/h10H,1-8H2. The predicted octanol–water partition coefficient (Wildman–Crippen LogP) is 1.80. The quantitative estimate of drug-likeness (QED) is 0.620. The Bertz CT molecular complexity index is 90.1. The number of halogens is 1. The van der Waals surface area contributed by atoms with E-state index in [1.165, 1.54) is 45.3 Å². The molecule has 1 rings (SSSR count). The molecule has 1 aliphatic heterocycles. The van der Waals surface area contributed by atoms with Gasteiger partial charge in [0, 0.05) is 36.0 Å². The monoisotopic (exact) mass is 268 g/mol. The van der Waals surface area contributed by atoms with Crippen LogP contribution < -0.4 is 3.53 Å². The summed E-state index contributed by atoms with van der Waals surface area (Å²) < 4.78 is 3.16. The molecule has 0 radical (unpaired) electrons. The number of nitrogens with one attached hydrogen (secondary N) is 1. The summed E-state index contributed by atoms with van der Waals surface area (Å²) in [5.74, 6) is 0. The van der Waals surface area contributed by atoms with Gasteiger partial charge in [0.05, 0.1) is 0 Å². The molecular weight excluding hydrogens is 251 g/mol. The second-order valence-corrected chi connectivity index (χ2v) is 3.90. The van der Waals surface area contributed by atoms with Crippen molar-refractivity contribution in [2.24, 2.45) is 0 Å². The topological polar surface area (TPSA) is 15.3 Å². The van der Waals surface area contributed by atoms with Gasteiger partial charge in [0.2, 0.25) is 0 Å². The van der Waals surface area contributed by atoms with E-state index in [4.69, 9.17) is 0 Å². The molecule has 1 N–H and O–H groups in total. The Kier molecular flexibility index (Phi) is 5.49. The average Bonchev–Trinajstić information content (AvgIpc) is 2.28. The molecule has 0 aromatic rings. The van der Waals surface area contributed by atoms with Crippen molar-refractivity contribution in [2.75, 3.05) is 26.2 Å². The minimum Gasteiger partial charge on any atom is -0.302 e. The predicted molar refractivity (Wildman–Crippen MR) is 56.9 cm³/mol. The van der Waals surface area contributed by atoms with Crippen molar-refractivity contribution >= 4 is 22.9 Å². The molecule has 1 aliphatic rings. The summed E-state index contributed by atoms with van der Waals surface area (Å²) >= 11 is 2.22. The SMILES string of the molecule is INCCN1CCCCCC1. The number of nitrogens with zero attached hydrogens (tertiary/aromatic N) is 1. The Labute approximate surface area is 83.2 Å². The number of hydrogen-bond acceptors (Lipinski definition) is 2. The Morgan fingerprint density at radius 1 is 1.09 bits per heavy atom. The van der Waals surface area contributed by atoms with Gasteiger partial charge in [-0.05, 0) is 25.9 Å². The lowest BCUT2D eigenvalue weighted by Gasteiger charge is -2.18. The molecule has 0 aromatic carbocycles. The van der Waals surface area contributed by atoms with Crippen LogP contribution in [-0.4, -0.2) is 31.1 Å². The van der Waals surface area contributed by atoms with Crippen LogP contribution in [0, 0.1) is 0 Å². The van der Waals surface area contributed by atoms with Crippen LogP contribution in [0.15, 0.2) is 0 Å². The van der Waals surface area contributed by atoms with Crippen LogP contribution in [0.5, 0.6) is 0 Å². The first-order chi connectivity index (χ1) is 5.43. The molecule has 0 amide bonds. The first-order valence-electron chi connectivity index (χ1n) is 4.49. The molecule has 0 saturated carbocycles. The fourth-order valence-corrected chi connectivity index (χ4v) is 1.80. The average molecular weight is 268 g/mol. The molecular formula is C8H17IN2. The van der Waals surface area contributed by atoms with Crippen molar-refractivity contribution < 1.29 is 0 Å². The van der Waals surface area contributed by atoms with Crippen molar-refractivity contribution in [1.29, 1.82) is 0 Å². The van der Waals surface area contributed by atoms with Gasteiger partial charge in [-0.15, -0.1) is 0 Å². The Morgan fingerprint density at radius 3 is 2.27 bits per heavy atom. The van der Waals surface area contributed by atoms with Crippen LogP contribution in [0.2, 0.25) is 0 Å². The molecule has 2 nitrogen and oxygen atoms in total. The number of likely N-dealkylation sites (tertiary alicyclic amines) is 1. The molecule has 1 heterocycles. The van der Waals surface area contributed by atoms with E-state index in [9.17, 15) is 0 Å². The van der Waals surface area contributed by atoms with Crippen molar-refractivity contribution in [3.05, 3.63) is 0 Å². The van der Waals surface area contributed by atoms with Crippen LogP contribution in [0.25, 0.3) is 0 Å². The Hall–Kier alpha value is 0.650. The summed E-state index contributed by atoms with van der Waals surface area (Å²) in [4.78, 5) is 2.57. The van der Waals surface area contributed by atoms with E-state index < -0.39 is 0 Å². The fourth-order valence-electron chi connectivity index (χ4n) is 1.56. The number of rotatable bonds is 3. The van der Waals surface area contributed by atoms with Gasteiger partial charge in [-0.3, -0.25) is 3.53 Å². The van der Waals surface area contributed by atoms with E-state index in [1.54, 1.807) is 0 Å². The van der Waals surface area contributed by atoms with Crippen LogP contribution in [-0.2, 0) is 0 Å². The molecule has 1 fully saturated rings. The highest BCUT2D eigenvalue weighted by Crippen LogP contribution is 2.08. The van der Waals surface area contributed by atoms with Crippen LogP contribution in [0.3, 0.4) is 0 Å². The van der Waals surface area contributed by atoms with Gasteiger partial charge in [0.15, 0.2) is 0 Å². The van der Waals surface area contributed by atoms with Gasteiger partial charge in [0.25, 0.3) is 0 Å². The van der Waals surface area contributed by atoms with Gasteiger partial charge in [-0.25, -0.2) is 0 Å². The fraction of sp³-hybridized carbons (Fsp3) is 1.00. The molecule has 0 aromatic heterocycles. The zero-order chi connectivity index (χ0) is 7.94. The largest absolute Gasteiger partial charge is 0.302 e. The highest BCUT2D eigenvalue weighted by molar-refractivity contribution is 14.1. The molecule has 11 heavy (non-hydrogen) atoms. The van der Waals surface area contributed by atoms with E-state index in [0.717, 1.165) is 6.54 Å². The Balaban J connectivity index is 2.09. The van der Waals surface area contributed by atoms with Crippen molar-refractivity contribution in [2.45, 2.75) is 25.7 Å². The molecule has 0 unspecified atom stereocenters. The molecule has 66 valence electrons. The summed E-state index contributed by atoms with van der Waals surface area (Å²) in [7, 11) is 0. The molecule has 0 atom stereocenters. The highest BCUT2D eigenvalue weighted by Gasteiger charge is 2.06. The zero-order valence-corrected chi connectivity index (χ0v) is 9.14. The van der Waals surface area contributed by atoms with E-state index in [0.29, 0.717) is 0 Å². The van der Waals surface area contributed by atoms with E-state index in [1.807, 2.05) is 0 Å². The van der Waals surface area contributed by atoms with Crippen molar-refractivity contribution in [1.82, 2.24) is 8.43 Å². The second-order valence-electron chi connectivity index (χ2n) is 3.14.